The van der Waals surface area contributed by atoms with E-state index >= 15 is 0 Å². The number of alkyl halides is 8. The highest BCUT2D eigenvalue weighted by atomic mass is 19.4. The molecule has 0 radical (unpaired) electrons. The Balaban J connectivity index is 1.46. The van der Waals surface area contributed by atoms with Crippen molar-refractivity contribution in [2.45, 2.75) is 101 Å². The number of nitrogens with one attached hydrogen (secondary N) is 1. The van der Waals surface area contributed by atoms with Gasteiger partial charge in [-0.2, -0.15) is 0 Å². The third-order valence-corrected chi connectivity index (χ3v) is 6.41. The number of nitrogens with two attached hydrogens (primary N) is 1. The molecule has 1 aliphatic heterocycles. The Labute approximate surface area is 185 Å². The summed E-state index contributed by atoms with van der Waals surface area (Å²) in [6.45, 7) is 0.702. The van der Waals surface area contributed by atoms with Gasteiger partial charge in [-0.05, 0) is 13.0 Å². The molecular formula is C19H28F8N2O4. The minimum atomic E-state index is -4.77. The minimum Gasteiger partial charge on any atom is -0.345 e. The molecule has 33 heavy (non-hydrogen) atoms. The summed E-state index contributed by atoms with van der Waals surface area (Å²) in [5.74, 6) is 0. The lowest BCUT2D eigenvalue weighted by Gasteiger charge is -2.45. The molecule has 1 saturated heterocycles. The van der Waals surface area contributed by atoms with Crippen LogP contribution < -0.4 is 11.1 Å². The van der Waals surface area contributed by atoms with Crippen LogP contribution in [0.25, 0.3) is 0 Å². The van der Waals surface area contributed by atoms with E-state index in [1.165, 1.54) is 0 Å². The van der Waals surface area contributed by atoms with Gasteiger partial charge in [-0.3, -0.25) is 9.47 Å². The summed E-state index contributed by atoms with van der Waals surface area (Å²) in [7, 11) is 0. The molecule has 3 N–H and O–H groups in total. The summed E-state index contributed by atoms with van der Waals surface area (Å²) in [5, 5.41) is 3.03. The van der Waals surface area contributed by atoms with Crippen LogP contribution in [-0.2, 0) is 18.9 Å². The molecule has 1 heterocycles. The second-order valence-corrected chi connectivity index (χ2v) is 8.99. The Morgan fingerprint density at radius 1 is 0.788 bits per heavy atom. The maximum atomic E-state index is 14.7. The first-order valence-electron chi connectivity index (χ1n) is 10.8. The van der Waals surface area contributed by atoms with E-state index in [0.717, 1.165) is 0 Å². The predicted molar refractivity (Wildman–Crippen MR) is 97.0 cm³/mol. The number of hydrogen-bond donors (Lipinski definition) is 2. The Kier molecular flexibility index (Phi) is 8.48. The molecule has 0 bridgehead atoms. The molecule has 0 aromatic carbocycles. The summed E-state index contributed by atoms with van der Waals surface area (Å²) in [6.07, 6.45) is -17.7. The van der Waals surface area contributed by atoms with Crippen molar-refractivity contribution in [1.82, 2.24) is 5.32 Å². The standard InChI is InChI=1S/C19H28F8N2O4/c20-15(30-10-3-12(4-10)32-18(22,23)24)7-17(9-29-2-1-14(17)28)8-16(21)31-11-5-13(6-11)33-19(25,26)27/h10-16,29H,1-9,28H2/t10?,11?,12?,13?,14?,15-,16-,17?/m1/s1. The van der Waals surface area contributed by atoms with Crippen LogP contribution in [0.1, 0.15) is 44.9 Å². The molecule has 0 spiro atoms. The molecule has 0 aromatic heterocycles. The van der Waals surface area contributed by atoms with Gasteiger partial charge >= 0.3 is 12.7 Å². The minimum absolute atomic E-state index is 0.116. The van der Waals surface area contributed by atoms with Crippen LogP contribution >= 0.6 is 0 Å². The van der Waals surface area contributed by atoms with Crippen LogP contribution in [0.2, 0.25) is 0 Å². The zero-order chi connectivity index (χ0) is 24.4. The number of piperidine rings is 1. The molecule has 1 unspecified atom stereocenters. The molecule has 3 rings (SSSR count). The van der Waals surface area contributed by atoms with Crippen LogP contribution in [0, 0.1) is 5.41 Å². The normalized spacial score (nSPS) is 37.2. The fourth-order valence-electron chi connectivity index (χ4n) is 4.54. The van der Waals surface area contributed by atoms with E-state index < -0.39 is 61.3 Å². The van der Waals surface area contributed by atoms with E-state index in [4.69, 9.17) is 15.2 Å². The van der Waals surface area contributed by atoms with E-state index in [9.17, 15) is 35.1 Å². The molecule has 0 aromatic rings. The summed E-state index contributed by atoms with van der Waals surface area (Å²) in [5.41, 5.74) is 5.07. The lowest BCUT2D eigenvalue weighted by Crippen LogP contribution is -2.56. The first-order valence-corrected chi connectivity index (χ1v) is 10.8. The van der Waals surface area contributed by atoms with Crippen LogP contribution in [0.15, 0.2) is 0 Å². The van der Waals surface area contributed by atoms with Gasteiger partial charge in [0.15, 0.2) is 12.7 Å². The Bertz CT molecular complexity index is 584. The molecule has 14 heteroatoms. The van der Waals surface area contributed by atoms with Crippen molar-refractivity contribution in [3.8, 4) is 0 Å². The first-order chi connectivity index (χ1) is 15.2. The maximum absolute atomic E-state index is 14.7. The molecule has 3 atom stereocenters. The first kappa shape index (κ1) is 26.8. The van der Waals surface area contributed by atoms with Gasteiger partial charge < -0.3 is 20.5 Å². The second kappa shape index (κ2) is 10.4. The van der Waals surface area contributed by atoms with Gasteiger partial charge in [0.25, 0.3) is 0 Å². The monoisotopic (exact) mass is 500 g/mol. The Hall–Kier alpha value is -0.800. The quantitative estimate of drug-likeness (QED) is 0.445. The average Bonchev–Trinajstić information content (AvgIpc) is 2.58. The highest BCUT2D eigenvalue weighted by Gasteiger charge is 2.47. The molecule has 194 valence electrons. The van der Waals surface area contributed by atoms with Gasteiger partial charge in [-0.1, -0.05) is 0 Å². The third-order valence-electron chi connectivity index (χ3n) is 6.41. The van der Waals surface area contributed by atoms with E-state index in [-0.39, 0.29) is 45.1 Å². The highest BCUT2D eigenvalue weighted by Crippen LogP contribution is 2.41. The fraction of sp³-hybridized carbons (Fsp3) is 1.00. The van der Waals surface area contributed by atoms with Crippen LogP contribution in [0.4, 0.5) is 35.1 Å². The Morgan fingerprint density at radius 2 is 1.21 bits per heavy atom. The van der Waals surface area contributed by atoms with Crippen LogP contribution in [0.3, 0.4) is 0 Å². The van der Waals surface area contributed by atoms with E-state index in [0.29, 0.717) is 13.0 Å². The molecule has 2 saturated carbocycles. The topological polar surface area (TPSA) is 75.0 Å². The second-order valence-electron chi connectivity index (χ2n) is 8.99. The largest absolute Gasteiger partial charge is 0.522 e. The molecule has 2 aliphatic carbocycles. The van der Waals surface area contributed by atoms with Crippen molar-refractivity contribution < 1.29 is 54.1 Å². The van der Waals surface area contributed by atoms with Gasteiger partial charge in [-0.25, -0.2) is 8.78 Å². The summed E-state index contributed by atoms with van der Waals surface area (Å²) >= 11 is 0. The van der Waals surface area contributed by atoms with Gasteiger partial charge in [0.05, 0.1) is 24.4 Å². The van der Waals surface area contributed by atoms with Gasteiger partial charge in [-0.15, -0.1) is 26.3 Å². The zero-order valence-corrected chi connectivity index (χ0v) is 17.6. The number of rotatable bonds is 10. The summed E-state index contributed by atoms with van der Waals surface area (Å²) in [6, 6.07) is -0.604. The Morgan fingerprint density at radius 3 is 1.58 bits per heavy atom. The van der Waals surface area contributed by atoms with Crippen molar-refractivity contribution in [1.29, 1.82) is 0 Å². The highest BCUT2D eigenvalue weighted by molar-refractivity contribution is 4.97. The van der Waals surface area contributed by atoms with E-state index in [1.807, 2.05) is 0 Å². The molecule has 6 nitrogen and oxygen atoms in total. The van der Waals surface area contributed by atoms with E-state index in [2.05, 4.69) is 14.8 Å². The van der Waals surface area contributed by atoms with Crippen molar-refractivity contribution in [3.05, 3.63) is 0 Å². The molecular weight excluding hydrogens is 472 g/mol. The third kappa shape index (κ3) is 8.13. The van der Waals surface area contributed by atoms with Crippen molar-refractivity contribution >= 4 is 0 Å². The smallest absolute Gasteiger partial charge is 0.345 e. The number of ether oxygens (including phenoxy) is 4. The molecule has 0 amide bonds. The fourth-order valence-corrected chi connectivity index (χ4v) is 4.54. The maximum Gasteiger partial charge on any atom is 0.522 e. The van der Waals surface area contributed by atoms with Gasteiger partial charge in [0, 0.05) is 56.5 Å². The van der Waals surface area contributed by atoms with E-state index in [1.54, 1.807) is 0 Å². The van der Waals surface area contributed by atoms with Crippen molar-refractivity contribution in [2.24, 2.45) is 11.1 Å². The SMILES string of the molecule is NC1CCNCC1(C[C@H](F)OC1CC(OC(F)(F)F)C1)C[C@H](F)OC1CC(OC(F)(F)F)C1. The average molecular weight is 500 g/mol. The van der Waals surface area contributed by atoms with Crippen LogP contribution in [-0.4, -0.2) is 69.0 Å². The van der Waals surface area contributed by atoms with Crippen molar-refractivity contribution in [2.75, 3.05) is 13.1 Å². The summed E-state index contributed by atoms with van der Waals surface area (Å²) < 4.78 is 121. The zero-order valence-electron chi connectivity index (χ0n) is 17.6. The van der Waals surface area contributed by atoms with Crippen molar-refractivity contribution in [3.63, 3.8) is 0 Å². The van der Waals surface area contributed by atoms with Crippen LogP contribution in [0.5, 0.6) is 0 Å². The van der Waals surface area contributed by atoms with Gasteiger partial charge in [0.2, 0.25) is 0 Å². The molecule has 3 aliphatic rings. The summed E-state index contributed by atoms with van der Waals surface area (Å²) in [4.78, 5) is 0. The predicted octanol–water partition coefficient (Wildman–Crippen LogP) is 3.83. The lowest BCUT2D eigenvalue weighted by atomic mass is 9.71. The van der Waals surface area contributed by atoms with Gasteiger partial charge in [0.1, 0.15) is 0 Å². The molecule has 3 fully saturated rings. The number of halogens is 8. The lowest BCUT2D eigenvalue weighted by molar-refractivity contribution is -0.360. The number of hydrogen-bond acceptors (Lipinski definition) is 6.